The van der Waals surface area contributed by atoms with Crippen molar-refractivity contribution in [1.29, 1.82) is 0 Å². The van der Waals surface area contributed by atoms with Crippen LogP contribution in [0.15, 0.2) is 12.1 Å². The largest absolute Gasteiger partial charge is 0.384 e. The van der Waals surface area contributed by atoms with Crippen LogP contribution in [0.2, 0.25) is 0 Å². The Morgan fingerprint density at radius 3 is 2.53 bits per heavy atom. The maximum absolute atomic E-state index is 13.9. The summed E-state index contributed by atoms with van der Waals surface area (Å²) in [6, 6.07) is 3.36. The molecule has 0 fully saturated rings. The van der Waals surface area contributed by atoms with Gasteiger partial charge in [-0.3, -0.25) is 0 Å². The lowest BCUT2D eigenvalue weighted by molar-refractivity contribution is 0.0528. The van der Waals surface area contributed by atoms with E-state index in [1.54, 1.807) is 6.92 Å². The highest BCUT2D eigenvalue weighted by atomic mass is 19.1. The first-order valence-corrected chi connectivity index (χ1v) is 6.09. The molecule has 0 saturated carbocycles. The number of hydrogen-bond donors (Lipinski definition) is 2. The summed E-state index contributed by atoms with van der Waals surface area (Å²) < 4.78 is 13.9. The molecule has 1 aromatic carbocycles. The van der Waals surface area contributed by atoms with E-state index in [4.69, 9.17) is 0 Å². The molecule has 1 rings (SSSR count). The van der Waals surface area contributed by atoms with Gasteiger partial charge in [-0.2, -0.15) is 0 Å². The average molecular weight is 239 g/mol. The van der Waals surface area contributed by atoms with Crippen LogP contribution in [0.1, 0.15) is 37.0 Å². The Bertz CT molecular complexity index is 365. The fourth-order valence-electron chi connectivity index (χ4n) is 2.19. The minimum absolute atomic E-state index is 0.328. The zero-order valence-corrected chi connectivity index (χ0v) is 11.1. The van der Waals surface area contributed by atoms with Gasteiger partial charge in [0.05, 0.1) is 0 Å². The van der Waals surface area contributed by atoms with E-state index < -0.39 is 5.60 Å². The minimum atomic E-state index is -1.17. The Morgan fingerprint density at radius 1 is 1.35 bits per heavy atom. The van der Waals surface area contributed by atoms with Gasteiger partial charge >= 0.3 is 0 Å². The second-order valence-electron chi connectivity index (χ2n) is 4.89. The summed E-state index contributed by atoms with van der Waals surface area (Å²) in [6.07, 6.45) is 0.992. The SMILES string of the molecule is CCCNCC(C)(O)c1c(C)cc(C)cc1F. The van der Waals surface area contributed by atoms with Gasteiger partial charge in [-0.25, -0.2) is 4.39 Å². The fraction of sp³-hybridized carbons (Fsp3) is 0.571. The summed E-state index contributed by atoms with van der Waals surface area (Å²) in [5, 5.41) is 13.5. The first-order chi connectivity index (χ1) is 7.88. The van der Waals surface area contributed by atoms with Crippen LogP contribution in [0.3, 0.4) is 0 Å². The van der Waals surface area contributed by atoms with E-state index in [0.717, 1.165) is 24.1 Å². The van der Waals surface area contributed by atoms with E-state index in [1.807, 2.05) is 19.9 Å². The first kappa shape index (κ1) is 14.1. The molecule has 3 heteroatoms. The molecule has 2 N–H and O–H groups in total. The number of halogens is 1. The molecule has 0 aromatic heterocycles. The van der Waals surface area contributed by atoms with Crippen molar-refractivity contribution in [3.8, 4) is 0 Å². The van der Waals surface area contributed by atoms with Crippen LogP contribution in [0.5, 0.6) is 0 Å². The Kier molecular flexibility index (Phi) is 4.66. The summed E-state index contributed by atoms with van der Waals surface area (Å²) in [4.78, 5) is 0. The van der Waals surface area contributed by atoms with E-state index >= 15 is 0 Å². The van der Waals surface area contributed by atoms with Gasteiger partial charge in [0.25, 0.3) is 0 Å². The smallest absolute Gasteiger partial charge is 0.129 e. The summed E-state index contributed by atoms with van der Waals surface area (Å²) in [5.74, 6) is -0.328. The van der Waals surface area contributed by atoms with E-state index in [0.29, 0.717) is 12.1 Å². The Balaban J connectivity index is 2.97. The van der Waals surface area contributed by atoms with Crippen molar-refractivity contribution in [3.05, 3.63) is 34.6 Å². The third-order valence-electron chi connectivity index (χ3n) is 2.87. The standard InChI is InChI=1S/C14H22FNO/c1-5-6-16-9-14(4,17)13-11(3)7-10(2)8-12(13)15/h7-8,16-17H,5-6,9H2,1-4H3. The van der Waals surface area contributed by atoms with E-state index in [2.05, 4.69) is 12.2 Å². The summed E-state index contributed by atoms with van der Waals surface area (Å²) >= 11 is 0. The molecule has 0 saturated heterocycles. The monoisotopic (exact) mass is 239 g/mol. The second kappa shape index (κ2) is 5.61. The predicted molar refractivity (Wildman–Crippen MR) is 68.6 cm³/mol. The molecule has 0 aliphatic carbocycles. The topological polar surface area (TPSA) is 32.3 Å². The number of nitrogens with one attached hydrogen (secondary N) is 1. The summed E-state index contributed by atoms with van der Waals surface area (Å²) in [6.45, 7) is 8.57. The molecule has 0 spiro atoms. The highest BCUT2D eigenvalue weighted by Crippen LogP contribution is 2.27. The molecular formula is C14H22FNO. The highest BCUT2D eigenvalue weighted by molar-refractivity contribution is 5.36. The molecule has 0 bridgehead atoms. The number of aliphatic hydroxyl groups is 1. The van der Waals surface area contributed by atoms with E-state index in [9.17, 15) is 9.50 Å². The molecule has 1 atom stereocenters. The van der Waals surface area contributed by atoms with Crippen molar-refractivity contribution in [2.75, 3.05) is 13.1 Å². The molecule has 96 valence electrons. The van der Waals surface area contributed by atoms with Crippen LogP contribution < -0.4 is 5.32 Å². The lowest BCUT2D eigenvalue weighted by atomic mass is 9.90. The number of rotatable bonds is 5. The van der Waals surface area contributed by atoms with Crippen molar-refractivity contribution >= 4 is 0 Å². The van der Waals surface area contributed by atoms with Gasteiger partial charge < -0.3 is 10.4 Å². The molecule has 0 amide bonds. The van der Waals surface area contributed by atoms with Crippen LogP contribution in [-0.2, 0) is 5.60 Å². The molecule has 17 heavy (non-hydrogen) atoms. The minimum Gasteiger partial charge on any atom is -0.384 e. The highest BCUT2D eigenvalue weighted by Gasteiger charge is 2.28. The Morgan fingerprint density at radius 2 is 2.00 bits per heavy atom. The third-order valence-corrected chi connectivity index (χ3v) is 2.87. The summed E-state index contributed by atoms with van der Waals surface area (Å²) in [7, 11) is 0. The lowest BCUT2D eigenvalue weighted by Crippen LogP contribution is -2.37. The Hall–Kier alpha value is -0.930. The van der Waals surface area contributed by atoms with Crippen molar-refractivity contribution in [3.63, 3.8) is 0 Å². The normalized spacial score (nSPS) is 14.7. The molecule has 1 aromatic rings. The zero-order chi connectivity index (χ0) is 13.1. The Labute approximate surface area is 103 Å². The van der Waals surface area contributed by atoms with Crippen molar-refractivity contribution in [2.45, 2.75) is 39.7 Å². The van der Waals surface area contributed by atoms with Crippen molar-refractivity contribution < 1.29 is 9.50 Å². The van der Waals surface area contributed by atoms with Gasteiger partial charge in [0.15, 0.2) is 0 Å². The summed E-state index contributed by atoms with van der Waals surface area (Å²) in [5.41, 5.74) is 0.899. The molecule has 0 aliphatic heterocycles. The molecule has 1 unspecified atom stereocenters. The van der Waals surface area contributed by atoms with Gasteiger partial charge in [-0.15, -0.1) is 0 Å². The van der Waals surface area contributed by atoms with Crippen LogP contribution in [0.4, 0.5) is 4.39 Å². The van der Waals surface area contributed by atoms with E-state index in [1.165, 1.54) is 6.07 Å². The molecule has 0 aliphatic rings. The van der Waals surface area contributed by atoms with Crippen molar-refractivity contribution in [2.24, 2.45) is 0 Å². The fourth-order valence-corrected chi connectivity index (χ4v) is 2.19. The first-order valence-electron chi connectivity index (χ1n) is 6.09. The molecule has 2 nitrogen and oxygen atoms in total. The van der Waals surface area contributed by atoms with Crippen molar-refractivity contribution in [1.82, 2.24) is 5.32 Å². The molecular weight excluding hydrogens is 217 g/mol. The number of hydrogen-bond acceptors (Lipinski definition) is 2. The van der Waals surface area contributed by atoms with Crippen LogP contribution in [0, 0.1) is 19.7 Å². The zero-order valence-electron chi connectivity index (χ0n) is 11.1. The van der Waals surface area contributed by atoms with Crippen LogP contribution >= 0.6 is 0 Å². The van der Waals surface area contributed by atoms with Gasteiger partial charge in [-0.1, -0.05) is 13.0 Å². The second-order valence-corrected chi connectivity index (χ2v) is 4.89. The van der Waals surface area contributed by atoms with E-state index in [-0.39, 0.29) is 5.82 Å². The van der Waals surface area contributed by atoms with Crippen LogP contribution in [-0.4, -0.2) is 18.2 Å². The van der Waals surface area contributed by atoms with Gasteiger partial charge in [0, 0.05) is 12.1 Å². The maximum atomic E-state index is 13.9. The number of benzene rings is 1. The molecule has 0 heterocycles. The van der Waals surface area contributed by atoms with Gasteiger partial charge in [0.2, 0.25) is 0 Å². The van der Waals surface area contributed by atoms with Crippen LogP contribution in [0.25, 0.3) is 0 Å². The number of aryl methyl sites for hydroxylation is 2. The third kappa shape index (κ3) is 3.51. The van der Waals surface area contributed by atoms with Gasteiger partial charge in [0.1, 0.15) is 11.4 Å². The molecule has 0 radical (unpaired) electrons. The predicted octanol–water partition coefficient (Wildman–Crippen LogP) is 2.65. The maximum Gasteiger partial charge on any atom is 0.129 e. The lowest BCUT2D eigenvalue weighted by Gasteiger charge is -2.27. The average Bonchev–Trinajstić information content (AvgIpc) is 2.15. The quantitative estimate of drug-likeness (QED) is 0.774. The van der Waals surface area contributed by atoms with Gasteiger partial charge in [-0.05, 0) is 50.9 Å².